The molecule has 1 heterocycles. The highest BCUT2D eigenvalue weighted by Crippen LogP contribution is 2.34. The lowest BCUT2D eigenvalue weighted by Gasteiger charge is -2.27. The Labute approximate surface area is 121 Å². The fourth-order valence-electron chi connectivity index (χ4n) is 1.87. The number of hydrogen-bond donors (Lipinski definition) is 0. The van der Waals surface area contributed by atoms with E-state index in [9.17, 15) is 18.0 Å². The molecule has 104 valence electrons. The van der Waals surface area contributed by atoms with E-state index in [1.165, 1.54) is 17.0 Å². The van der Waals surface area contributed by atoms with Gasteiger partial charge in [0.25, 0.3) is 5.91 Å². The van der Waals surface area contributed by atoms with Crippen molar-refractivity contribution in [2.24, 2.45) is 0 Å². The topological polar surface area (TPSA) is 20.3 Å². The summed E-state index contributed by atoms with van der Waals surface area (Å²) in [6.07, 6.45) is -4.53. The lowest BCUT2D eigenvalue weighted by Crippen LogP contribution is -2.38. The molecule has 1 aliphatic rings. The van der Waals surface area contributed by atoms with Crippen molar-refractivity contribution in [3.05, 3.63) is 33.8 Å². The first-order valence-corrected chi connectivity index (χ1v) is 7.58. The van der Waals surface area contributed by atoms with Crippen LogP contribution in [0.25, 0.3) is 0 Å². The maximum atomic E-state index is 13.0. The van der Waals surface area contributed by atoms with Crippen molar-refractivity contribution in [3.8, 4) is 0 Å². The molecular weight excluding hydrogens is 343 g/mol. The molecule has 0 saturated carbocycles. The smallest absolute Gasteiger partial charge is 0.337 e. The monoisotopic (exact) mass is 353 g/mol. The number of carbonyl (C=O) groups excluding carboxylic acids is 1. The molecule has 0 radical (unpaired) electrons. The van der Waals surface area contributed by atoms with Crippen LogP contribution < -0.4 is 0 Å². The van der Waals surface area contributed by atoms with Gasteiger partial charge >= 0.3 is 6.18 Å². The zero-order valence-electron chi connectivity index (χ0n) is 9.84. The molecule has 0 aromatic heterocycles. The third kappa shape index (κ3) is 3.45. The van der Waals surface area contributed by atoms with Crippen LogP contribution in [0, 0.1) is 0 Å². The van der Waals surface area contributed by atoms with Crippen molar-refractivity contribution >= 4 is 33.6 Å². The van der Waals surface area contributed by atoms with Gasteiger partial charge in [-0.25, -0.2) is 0 Å². The van der Waals surface area contributed by atoms with Crippen molar-refractivity contribution in [3.63, 3.8) is 0 Å². The number of rotatable bonds is 1. The van der Waals surface area contributed by atoms with E-state index < -0.39 is 17.6 Å². The zero-order valence-corrected chi connectivity index (χ0v) is 12.2. The van der Waals surface area contributed by atoms with Crippen LogP contribution in [0.2, 0.25) is 0 Å². The molecule has 0 spiro atoms. The minimum Gasteiger partial charge on any atom is -0.337 e. The van der Waals surface area contributed by atoms with Gasteiger partial charge in [0.15, 0.2) is 0 Å². The summed E-state index contributed by atoms with van der Waals surface area (Å²) in [5, 5.41) is 0. The van der Waals surface area contributed by atoms with Gasteiger partial charge in [0.05, 0.1) is 11.1 Å². The van der Waals surface area contributed by atoms with E-state index in [0.717, 1.165) is 17.6 Å². The summed E-state index contributed by atoms with van der Waals surface area (Å²) < 4.78 is 39.2. The summed E-state index contributed by atoms with van der Waals surface area (Å²) in [6.45, 7) is 0.994. The van der Waals surface area contributed by atoms with E-state index in [1.54, 1.807) is 11.8 Å². The SMILES string of the molecule is O=C(c1ccc(Br)cc1C(F)(F)F)N1CCSCC1. The van der Waals surface area contributed by atoms with E-state index >= 15 is 0 Å². The van der Waals surface area contributed by atoms with Gasteiger partial charge in [-0.3, -0.25) is 4.79 Å². The minimum absolute atomic E-state index is 0.275. The molecule has 0 N–H and O–H groups in total. The standard InChI is InChI=1S/C12H11BrF3NOS/c13-8-1-2-9(10(7-8)12(14,15)16)11(18)17-3-5-19-6-4-17/h1-2,7H,3-6H2. The molecule has 2 rings (SSSR count). The Balaban J connectivity index is 2.35. The summed E-state index contributed by atoms with van der Waals surface area (Å²) in [5.74, 6) is 0.993. The molecule has 0 aliphatic carbocycles. The molecule has 1 saturated heterocycles. The van der Waals surface area contributed by atoms with Crippen LogP contribution in [0.15, 0.2) is 22.7 Å². The van der Waals surface area contributed by atoms with Gasteiger partial charge in [0.2, 0.25) is 0 Å². The predicted octanol–water partition coefficient (Wildman–Crippen LogP) is 3.66. The first-order valence-electron chi connectivity index (χ1n) is 5.63. The van der Waals surface area contributed by atoms with E-state index in [0.29, 0.717) is 17.6 Å². The molecule has 0 unspecified atom stereocenters. The van der Waals surface area contributed by atoms with Gasteiger partial charge in [-0.15, -0.1) is 0 Å². The summed E-state index contributed by atoms with van der Waals surface area (Å²) in [7, 11) is 0. The molecule has 2 nitrogen and oxygen atoms in total. The van der Waals surface area contributed by atoms with Crippen LogP contribution >= 0.6 is 27.7 Å². The van der Waals surface area contributed by atoms with Crippen LogP contribution in [-0.4, -0.2) is 35.4 Å². The molecule has 1 amide bonds. The van der Waals surface area contributed by atoms with Crippen molar-refractivity contribution in [2.45, 2.75) is 6.18 Å². The molecule has 19 heavy (non-hydrogen) atoms. The molecule has 1 aromatic carbocycles. The highest BCUT2D eigenvalue weighted by molar-refractivity contribution is 9.10. The number of hydrogen-bond acceptors (Lipinski definition) is 2. The number of benzene rings is 1. The maximum absolute atomic E-state index is 13.0. The first-order chi connectivity index (χ1) is 8.89. The molecule has 7 heteroatoms. The lowest BCUT2D eigenvalue weighted by molar-refractivity contribution is -0.138. The normalized spacial score (nSPS) is 16.5. The van der Waals surface area contributed by atoms with Crippen LogP contribution in [-0.2, 0) is 6.18 Å². The van der Waals surface area contributed by atoms with Crippen LogP contribution in [0.5, 0.6) is 0 Å². The summed E-state index contributed by atoms with van der Waals surface area (Å²) in [6, 6.07) is 3.64. The van der Waals surface area contributed by atoms with Crippen molar-refractivity contribution in [1.82, 2.24) is 4.90 Å². The Hall–Kier alpha value is -0.690. The van der Waals surface area contributed by atoms with Gasteiger partial charge in [0.1, 0.15) is 0 Å². The molecule has 1 aliphatic heterocycles. The average molecular weight is 354 g/mol. The van der Waals surface area contributed by atoms with Gasteiger partial charge in [-0.2, -0.15) is 24.9 Å². The second kappa shape index (κ2) is 5.75. The van der Waals surface area contributed by atoms with E-state index in [2.05, 4.69) is 15.9 Å². The Morgan fingerprint density at radius 2 is 1.89 bits per heavy atom. The number of alkyl halides is 3. The Morgan fingerprint density at radius 3 is 2.47 bits per heavy atom. The second-order valence-corrected chi connectivity index (χ2v) is 6.23. The summed E-state index contributed by atoms with van der Waals surface area (Å²) in [5.41, 5.74) is -1.16. The Bertz CT molecular complexity index is 486. The predicted molar refractivity (Wildman–Crippen MR) is 72.4 cm³/mol. The van der Waals surface area contributed by atoms with Gasteiger partial charge in [0, 0.05) is 29.1 Å². The maximum Gasteiger partial charge on any atom is 0.417 e. The number of amides is 1. The highest BCUT2D eigenvalue weighted by atomic mass is 79.9. The molecule has 0 atom stereocenters. The fourth-order valence-corrected chi connectivity index (χ4v) is 3.14. The van der Waals surface area contributed by atoms with E-state index in [1.807, 2.05) is 0 Å². The Kier molecular flexibility index (Phi) is 4.45. The zero-order chi connectivity index (χ0) is 14.0. The molecular formula is C12H11BrF3NOS. The van der Waals surface area contributed by atoms with Gasteiger partial charge < -0.3 is 4.90 Å². The first kappa shape index (κ1) is 14.7. The van der Waals surface area contributed by atoms with Crippen LogP contribution in [0.4, 0.5) is 13.2 Å². The molecule has 1 fully saturated rings. The van der Waals surface area contributed by atoms with Crippen molar-refractivity contribution in [2.75, 3.05) is 24.6 Å². The number of carbonyl (C=O) groups is 1. The summed E-state index contributed by atoms with van der Waals surface area (Å²) >= 11 is 4.71. The second-order valence-electron chi connectivity index (χ2n) is 4.09. The number of nitrogens with zero attached hydrogens (tertiary/aromatic N) is 1. The van der Waals surface area contributed by atoms with Crippen molar-refractivity contribution < 1.29 is 18.0 Å². The van der Waals surface area contributed by atoms with Crippen LogP contribution in [0.1, 0.15) is 15.9 Å². The quantitative estimate of drug-likeness (QED) is 0.767. The average Bonchev–Trinajstić information content (AvgIpc) is 2.38. The number of halogens is 4. The fraction of sp³-hybridized carbons (Fsp3) is 0.417. The third-order valence-corrected chi connectivity index (χ3v) is 4.25. The Morgan fingerprint density at radius 1 is 1.26 bits per heavy atom. The van der Waals surface area contributed by atoms with Crippen molar-refractivity contribution in [1.29, 1.82) is 0 Å². The van der Waals surface area contributed by atoms with Gasteiger partial charge in [-0.1, -0.05) is 15.9 Å². The highest BCUT2D eigenvalue weighted by Gasteiger charge is 2.36. The van der Waals surface area contributed by atoms with Gasteiger partial charge in [-0.05, 0) is 18.2 Å². The third-order valence-electron chi connectivity index (χ3n) is 2.82. The minimum atomic E-state index is -4.53. The van der Waals surface area contributed by atoms with Crippen LogP contribution in [0.3, 0.4) is 0 Å². The largest absolute Gasteiger partial charge is 0.417 e. The van der Waals surface area contributed by atoms with E-state index in [-0.39, 0.29) is 5.56 Å². The molecule has 1 aromatic rings. The number of thioether (sulfide) groups is 1. The van der Waals surface area contributed by atoms with E-state index in [4.69, 9.17) is 0 Å². The molecule has 0 bridgehead atoms. The lowest BCUT2D eigenvalue weighted by atomic mass is 10.1. The summed E-state index contributed by atoms with van der Waals surface area (Å²) in [4.78, 5) is 13.7.